The van der Waals surface area contributed by atoms with Crippen molar-refractivity contribution in [3.8, 4) is 10.6 Å². The van der Waals surface area contributed by atoms with Crippen LogP contribution in [0.2, 0.25) is 0 Å². The minimum Gasteiger partial charge on any atom is -0.379 e. The summed E-state index contributed by atoms with van der Waals surface area (Å²) in [7, 11) is 0. The van der Waals surface area contributed by atoms with Crippen LogP contribution in [-0.4, -0.2) is 29.7 Å². The summed E-state index contributed by atoms with van der Waals surface area (Å²) in [5, 5.41) is 0. The summed E-state index contributed by atoms with van der Waals surface area (Å²) in [6.45, 7) is 1.88. The van der Waals surface area contributed by atoms with Gasteiger partial charge in [0.1, 0.15) is 5.82 Å². The van der Waals surface area contributed by atoms with Crippen molar-refractivity contribution in [2.24, 2.45) is 5.73 Å². The number of nitrogens with zero attached hydrogens (tertiary/aromatic N) is 1. The Morgan fingerprint density at radius 1 is 1.53 bits per heavy atom. The molecule has 1 saturated heterocycles. The van der Waals surface area contributed by atoms with Crippen molar-refractivity contribution < 1.29 is 4.74 Å². The number of nitrogens with two attached hydrogens (primary N) is 1. The van der Waals surface area contributed by atoms with Crippen LogP contribution in [0.5, 0.6) is 0 Å². The van der Waals surface area contributed by atoms with Crippen LogP contribution >= 0.6 is 27.3 Å². The Kier molecular flexibility index (Phi) is 2.82. The third kappa shape index (κ3) is 1.85. The molecule has 1 aliphatic rings. The average Bonchev–Trinajstić information content (AvgIpc) is 2.86. The molecule has 2 aromatic heterocycles. The van der Waals surface area contributed by atoms with Crippen molar-refractivity contribution in [1.29, 1.82) is 0 Å². The molecular weight excluding hydrogens is 302 g/mol. The standard InChI is InChI=1S/C11H12BrN3OS/c12-9-2-1-8(17-9)7-3-14-10(15-7)11(4-13)5-16-6-11/h1-3H,4-6,13H2,(H,14,15). The van der Waals surface area contributed by atoms with Gasteiger partial charge in [0.05, 0.1) is 39.2 Å². The molecule has 1 aliphatic heterocycles. The van der Waals surface area contributed by atoms with Crippen LogP contribution in [-0.2, 0) is 10.2 Å². The molecule has 0 atom stereocenters. The van der Waals surface area contributed by atoms with Crippen LogP contribution in [0.15, 0.2) is 22.1 Å². The second-order valence-electron chi connectivity index (χ2n) is 4.23. The summed E-state index contributed by atoms with van der Waals surface area (Å²) in [6, 6.07) is 4.10. The van der Waals surface area contributed by atoms with Crippen molar-refractivity contribution in [2.45, 2.75) is 5.41 Å². The smallest absolute Gasteiger partial charge is 0.118 e. The molecule has 0 bridgehead atoms. The number of hydrogen-bond donors (Lipinski definition) is 2. The van der Waals surface area contributed by atoms with E-state index < -0.39 is 0 Å². The predicted molar refractivity (Wildman–Crippen MR) is 71.2 cm³/mol. The van der Waals surface area contributed by atoms with Crippen LogP contribution in [0.1, 0.15) is 5.82 Å². The lowest BCUT2D eigenvalue weighted by atomic mass is 9.85. The topological polar surface area (TPSA) is 63.9 Å². The number of rotatable bonds is 3. The van der Waals surface area contributed by atoms with E-state index in [1.807, 2.05) is 12.3 Å². The number of nitrogens with one attached hydrogen (secondary N) is 1. The van der Waals surface area contributed by atoms with Crippen molar-refractivity contribution in [2.75, 3.05) is 19.8 Å². The van der Waals surface area contributed by atoms with E-state index in [-0.39, 0.29) is 5.41 Å². The van der Waals surface area contributed by atoms with Gasteiger partial charge in [0.25, 0.3) is 0 Å². The van der Waals surface area contributed by atoms with Gasteiger partial charge < -0.3 is 15.5 Å². The first-order valence-corrected chi connectivity index (χ1v) is 6.93. The van der Waals surface area contributed by atoms with E-state index in [9.17, 15) is 0 Å². The molecule has 3 N–H and O–H groups in total. The van der Waals surface area contributed by atoms with Gasteiger partial charge in [-0.3, -0.25) is 0 Å². The first kappa shape index (κ1) is 11.4. The summed E-state index contributed by atoms with van der Waals surface area (Å²) < 4.78 is 6.37. The fraction of sp³-hybridized carbons (Fsp3) is 0.364. The Labute approximate surface area is 111 Å². The molecule has 0 unspecified atom stereocenters. The average molecular weight is 314 g/mol. The van der Waals surface area contributed by atoms with Gasteiger partial charge in [0, 0.05) is 6.54 Å². The molecule has 3 rings (SSSR count). The van der Waals surface area contributed by atoms with E-state index >= 15 is 0 Å². The molecule has 4 nitrogen and oxygen atoms in total. The minimum atomic E-state index is -0.104. The van der Waals surface area contributed by atoms with Crippen molar-refractivity contribution in [1.82, 2.24) is 9.97 Å². The maximum Gasteiger partial charge on any atom is 0.118 e. The zero-order valence-corrected chi connectivity index (χ0v) is 11.5. The van der Waals surface area contributed by atoms with Crippen LogP contribution in [0.4, 0.5) is 0 Å². The Balaban J connectivity index is 1.92. The Morgan fingerprint density at radius 2 is 2.35 bits per heavy atom. The fourth-order valence-corrected chi connectivity index (χ4v) is 3.23. The van der Waals surface area contributed by atoms with Gasteiger partial charge in [-0.05, 0) is 28.1 Å². The molecule has 0 spiro atoms. The Morgan fingerprint density at radius 3 is 2.88 bits per heavy atom. The van der Waals surface area contributed by atoms with Gasteiger partial charge in [-0.1, -0.05) is 0 Å². The molecule has 0 amide bonds. The molecule has 0 saturated carbocycles. The maximum absolute atomic E-state index is 5.81. The second kappa shape index (κ2) is 4.20. The third-order valence-corrected chi connectivity index (χ3v) is 4.72. The second-order valence-corrected chi connectivity index (χ2v) is 6.69. The lowest BCUT2D eigenvalue weighted by Crippen LogP contribution is -2.52. The summed E-state index contributed by atoms with van der Waals surface area (Å²) >= 11 is 5.14. The lowest BCUT2D eigenvalue weighted by molar-refractivity contribution is -0.0589. The summed E-state index contributed by atoms with van der Waals surface area (Å²) in [6.07, 6.45) is 1.86. The molecule has 3 heterocycles. The highest BCUT2D eigenvalue weighted by atomic mass is 79.9. The quantitative estimate of drug-likeness (QED) is 0.912. The SMILES string of the molecule is NCC1(c2ncc(-c3ccc(Br)s3)[nH]2)COC1. The zero-order chi connectivity index (χ0) is 11.9. The number of halogens is 1. The fourth-order valence-electron chi connectivity index (χ4n) is 1.87. The molecule has 2 aromatic rings. The van der Waals surface area contributed by atoms with Crippen molar-refractivity contribution >= 4 is 27.3 Å². The van der Waals surface area contributed by atoms with Crippen molar-refractivity contribution in [3.63, 3.8) is 0 Å². The number of thiophene rings is 1. The summed E-state index contributed by atoms with van der Waals surface area (Å²) in [5.74, 6) is 0.936. The third-order valence-electron chi connectivity index (χ3n) is 3.06. The van der Waals surface area contributed by atoms with Gasteiger partial charge in [0.15, 0.2) is 0 Å². The Bertz CT molecular complexity index is 527. The van der Waals surface area contributed by atoms with Gasteiger partial charge in [-0.15, -0.1) is 11.3 Å². The highest BCUT2D eigenvalue weighted by Crippen LogP contribution is 2.33. The molecule has 17 heavy (non-hydrogen) atoms. The van der Waals surface area contributed by atoms with Crippen molar-refractivity contribution in [3.05, 3.63) is 27.9 Å². The number of hydrogen-bond acceptors (Lipinski definition) is 4. The van der Waals surface area contributed by atoms with E-state index in [0.29, 0.717) is 19.8 Å². The number of aromatic amines is 1. The largest absolute Gasteiger partial charge is 0.379 e. The first-order chi connectivity index (χ1) is 8.23. The number of ether oxygens (including phenoxy) is 1. The molecule has 6 heteroatoms. The zero-order valence-electron chi connectivity index (χ0n) is 9.07. The predicted octanol–water partition coefficient (Wildman–Crippen LogP) is 2.13. The van der Waals surface area contributed by atoms with E-state index in [1.54, 1.807) is 11.3 Å². The first-order valence-electron chi connectivity index (χ1n) is 5.32. The van der Waals surface area contributed by atoms with Gasteiger partial charge in [-0.25, -0.2) is 4.98 Å². The summed E-state index contributed by atoms with van der Waals surface area (Å²) in [5.41, 5.74) is 6.74. The highest BCUT2D eigenvalue weighted by Gasteiger charge is 2.41. The Hall–Kier alpha value is -0.690. The molecule has 90 valence electrons. The normalized spacial score (nSPS) is 18.0. The van der Waals surface area contributed by atoms with Crippen LogP contribution < -0.4 is 5.73 Å². The number of aromatic nitrogens is 2. The van der Waals surface area contributed by atoms with Gasteiger partial charge in [-0.2, -0.15) is 0 Å². The van der Waals surface area contributed by atoms with Crippen LogP contribution in [0.3, 0.4) is 0 Å². The van der Waals surface area contributed by atoms with Crippen LogP contribution in [0.25, 0.3) is 10.6 Å². The van der Waals surface area contributed by atoms with Gasteiger partial charge in [0.2, 0.25) is 0 Å². The van der Waals surface area contributed by atoms with E-state index in [0.717, 1.165) is 15.3 Å². The molecular formula is C11H12BrN3OS. The highest BCUT2D eigenvalue weighted by molar-refractivity contribution is 9.11. The lowest BCUT2D eigenvalue weighted by Gasteiger charge is -2.38. The molecule has 0 aromatic carbocycles. The number of H-pyrrole nitrogens is 1. The molecule has 0 radical (unpaired) electrons. The van der Waals surface area contributed by atoms with Gasteiger partial charge >= 0.3 is 0 Å². The molecule has 1 fully saturated rings. The monoisotopic (exact) mass is 313 g/mol. The molecule has 0 aliphatic carbocycles. The maximum atomic E-state index is 5.81. The summed E-state index contributed by atoms with van der Waals surface area (Å²) in [4.78, 5) is 8.97. The van der Waals surface area contributed by atoms with Crippen LogP contribution in [0, 0.1) is 0 Å². The minimum absolute atomic E-state index is 0.104. The van der Waals surface area contributed by atoms with E-state index in [4.69, 9.17) is 10.5 Å². The van der Waals surface area contributed by atoms with E-state index in [2.05, 4.69) is 32.0 Å². The van der Waals surface area contributed by atoms with E-state index in [1.165, 1.54) is 4.88 Å². The number of imidazole rings is 1.